The first-order valence-electron chi connectivity index (χ1n) is 10.6. The third kappa shape index (κ3) is 4.49. The Labute approximate surface area is 185 Å². The summed E-state index contributed by atoms with van der Waals surface area (Å²) in [5.41, 5.74) is 4.04. The summed E-state index contributed by atoms with van der Waals surface area (Å²) in [6, 6.07) is 20.1. The van der Waals surface area contributed by atoms with Gasteiger partial charge in [0, 0.05) is 47.6 Å². The van der Waals surface area contributed by atoms with Crippen molar-refractivity contribution in [2.45, 2.75) is 29.4 Å². The Bertz CT molecular complexity index is 1130. The van der Waals surface area contributed by atoms with Crippen LogP contribution in [0.2, 0.25) is 0 Å². The van der Waals surface area contributed by atoms with Gasteiger partial charge in [0.15, 0.2) is 0 Å². The third-order valence-corrected chi connectivity index (χ3v) is 6.89. The van der Waals surface area contributed by atoms with E-state index in [1.165, 1.54) is 5.56 Å². The molecule has 156 valence electrons. The Kier molecular flexibility index (Phi) is 5.71. The van der Waals surface area contributed by atoms with E-state index in [2.05, 4.69) is 22.1 Å². The van der Waals surface area contributed by atoms with Crippen LogP contribution in [-0.4, -0.2) is 38.8 Å². The smallest absolute Gasteiger partial charge is 0.253 e. The van der Waals surface area contributed by atoms with Crippen LogP contribution in [0, 0.1) is 0 Å². The number of H-pyrrole nitrogens is 1. The summed E-state index contributed by atoms with van der Waals surface area (Å²) in [5, 5.41) is 0. The zero-order valence-corrected chi connectivity index (χ0v) is 18.0. The van der Waals surface area contributed by atoms with Crippen LogP contribution < -0.4 is 0 Å². The second-order valence-corrected chi connectivity index (χ2v) is 8.93. The maximum Gasteiger partial charge on any atom is 0.253 e. The molecule has 2 aromatic heterocycles. The summed E-state index contributed by atoms with van der Waals surface area (Å²) < 4.78 is 0. The highest BCUT2D eigenvalue weighted by molar-refractivity contribution is 7.98. The number of nitrogens with one attached hydrogen (secondary N) is 1. The van der Waals surface area contributed by atoms with Gasteiger partial charge in [0.25, 0.3) is 5.91 Å². The van der Waals surface area contributed by atoms with E-state index in [0.29, 0.717) is 5.92 Å². The van der Waals surface area contributed by atoms with Crippen LogP contribution in [0.25, 0.3) is 11.0 Å². The number of carbonyl (C=O) groups is 1. The number of aromatic amines is 1. The van der Waals surface area contributed by atoms with Crippen LogP contribution >= 0.6 is 11.8 Å². The average Bonchev–Trinajstić information content (AvgIpc) is 3.28. The maximum atomic E-state index is 13.0. The predicted octanol–water partition coefficient (Wildman–Crippen LogP) is 5.27. The van der Waals surface area contributed by atoms with Crippen LogP contribution in [0.1, 0.15) is 40.5 Å². The van der Waals surface area contributed by atoms with Gasteiger partial charge >= 0.3 is 0 Å². The fourth-order valence-electron chi connectivity index (χ4n) is 4.05. The second kappa shape index (κ2) is 8.94. The van der Waals surface area contributed by atoms with E-state index < -0.39 is 0 Å². The molecule has 5 rings (SSSR count). The quantitative estimate of drug-likeness (QED) is 0.440. The Morgan fingerprint density at radius 2 is 1.84 bits per heavy atom. The minimum absolute atomic E-state index is 0.117. The number of piperidine rings is 1. The number of para-hydroxylation sites is 2. The standard InChI is InChI=1S/C25H24N4OS/c30-25(20-7-9-21(10-8-20)31-17-18-4-3-13-26-16-18)29-14-11-19(12-15-29)24-27-22-5-1-2-6-23(22)28-24/h1-10,13,16,19H,11-12,14-15,17H2,(H,27,28). The molecule has 4 aromatic rings. The summed E-state index contributed by atoms with van der Waals surface area (Å²) in [6.07, 6.45) is 5.54. The number of rotatable bonds is 5. The number of hydrogen-bond acceptors (Lipinski definition) is 4. The molecule has 0 bridgehead atoms. The predicted molar refractivity (Wildman–Crippen MR) is 124 cm³/mol. The number of nitrogens with zero attached hydrogens (tertiary/aromatic N) is 3. The van der Waals surface area contributed by atoms with Crippen molar-refractivity contribution in [1.82, 2.24) is 19.9 Å². The first-order chi connectivity index (χ1) is 15.3. The molecule has 1 aliphatic rings. The van der Waals surface area contributed by atoms with Crippen molar-refractivity contribution in [2.24, 2.45) is 0 Å². The lowest BCUT2D eigenvalue weighted by molar-refractivity contribution is 0.0711. The SMILES string of the molecule is O=C(c1ccc(SCc2cccnc2)cc1)N1CCC(c2nc3ccccc3[nH]2)CC1. The Morgan fingerprint density at radius 3 is 2.58 bits per heavy atom. The van der Waals surface area contributed by atoms with E-state index in [0.717, 1.165) is 59.0 Å². The maximum absolute atomic E-state index is 13.0. The van der Waals surface area contributed by atoms with Gasteiger partial charge in [-0.15, -0.1) is 11.8 Å². The van der Waals surface area contributed by atoms with Crippen molar-refractivity contribution in [3.8, 4) is 0 Å². The van der Waals surface area contributed by atoms with Gasteiger partial charge < -0.3 is 9.88 Å². The topological polar surface area (TPSA) is 61.9 Å². The van der Waals surface area contributed by atoms with Crippen molar-refractivity contribution < 1.29 is 4.79 Å². The number of aromatic nitrogens is 3. The fourth-order valence-corrected chi connectivity index (χ4v) is 4.88. The minimum atomic E-state index is 0.117. The molecule has 0 saturated carbocycles. The number of pyridine rings is 1. The molecule has 1 amide bonds. The lowest BCUT2D eigenvalue weighted by Crippen LogP contribution is -2.38. The van der Waals surface area contributed by atoms with Gasteiger partial charge in [-0.25, -0.2) is 4.98 Å². The number of imidazole rings is 1. The van der Waals surface area contributed by atoms with Gasteiger partial charge in [-0.3, -0.25) is 9.78 Å². The summed E-state index contributed by atoms with van der Waals surface area (Å²) in [7, 11) is 0. The molecule has 31 heavy (non-hydrogen) atoms. The largest absolute Gasteiger partial charge is 0.342 e. The first-order valence-corrected chi connectivity index (χ1v) is 11.6. The number of benzene rings is 2. The summed E-state index contributed by atoms with van der Waals surface area (Å²) in [6.45, 7) is 1.52. The summed E-state index contributed by atoms with van der Waals surface area (Å²) in [4.78, 5) is 28.4. The lowest BCUT2D eigenvalue weighted by atomic mass is 9.95. The van der Waals surface area contributed by atoms with E-state index in [4.69, 9.17) is 4.98 Å². The zero-order valence-electron chi connectivity index (χ0n) is 17.2. The van der Waals surface area contributed by atoms with Crippen LogP contribution in [0.4, 0.5) is 0 Å². The number of carbonyl (C=O) groups excluding carboxylic acids is 1. The van der Waals surface area contributed by atoms with Crippen LogP contribution in [0.3, 0.4) is 0 Å². The fraction of sp³-hybridized carbons (Fsp3) is 0.240. The highest BCUT2D eigenvalue weighted by Gasteiger charge is 2.26. The Hall–Kier alpha value is -3.12. The Balaban J connectivity index is 1.17. The van der Waals surface area contributed by atoms with Crippen LogP contribution in [-0.2, 0) is 5.75 Å². The molecule has 0 atom stereocenters. The van der Waals surface area contributed by atoms with Crippen molar-refractivity contribution in [3.05, 3.63) is 90.0 Å². The van der Waals surface area contributed by atoms with Gasteiger partial charge in [-0.2, -0.15) is 0 Å². The molecule has 6 heteroatoms. The molecule has 1 fully saturated rings. The molecule has 2 aromatic carbocycles. The van der Waals surface area contributed by atoms with Crippen molar-refractivity contribution in [3.63, 3.8) is 0 Å². The van der Waals surface area contributed by atoms with E-state index in [-0.39, 0.29) is 5.91 Å². The highest BCUT2D eigenvalue weighted by Crippen LogP contribution is 2.29. The molecule has 1 saturated heterocycles. The van der Waals surface area contributed by atoms with Gasteiger partial charge in [0.1, 0.15) is 5.82 Å². The average molecular weight is 429 g/mol. The van der Waals surface area contributed by atoms with E-state index in [1.807, 2.05) is 59.6 Å². The van der Waals surface area contributed by atoms with Crippen LogP contribution in [0.15, 0.2) is 78.0 Å². The van der Waals surface area contributed by atoms with Crippen molar-refractivity contribution in [1.29, 1.82) is 0 Å². The molecule has 0 radical (unpaired) electrons. The number of amides is 1. The first kappa shape index (κ1) is 19.8. The molecule has 0 aliphatic carbocycles. The molecular formula is C25H24N4OS. The second-order valence-electron chi connectivity index (χ2n) is 7.88. The van der Waals surface area contributed by atoms with E-state index in [9.17, 15) is 4.79 Å². The van der Waals surface area contributed by atoms with Gasteiger partial charge in [0.05, 0.1) is 11.0 Å². The molecule has 0 spiro atoms. The molecule has 0 unspecified atom stereocenters. The van der Waals surface area contributed by atoms with Crippen molar-refractivity contribution in [2.75, 3.05) is 13.1 Å². The number of likely N-dealkylation sites (tertiary alicyclic amines) is 1. The molecule has 1 N–H and O–H groups in total. The normalized spacial score (nSPS) is 14.8. The third-order valence-electron chi connectivity index (χ3n) is 5.81. The number of hydrogen-bond donors (Lipinski definition) is 1. The van der Waals surface area contributed by atoms with Gasteiger partial charge in [0.2, 0.25) is 0 Å². The Morgan fingerprint density at radius 1 is 1.03 bits per heavy atom. The van der Waals surface area contributed by atoms with E-state index >= 15 is 0 Å². The molecular weight excluding hydrogens is 404 g/mol. The van der Waals surface area contributed by atoms with Crippen molar-refractivity contribution >= 4 is 28.7 Å². The highest BCUT2D eigenvalue weighted by atomic mass is 32.2. The van der Waals surface area contributed by atoms with Gasteiger partial charge in [-0.05, 0) is 60.9 Å². The van der Waals surface area contributed by atoms with Gasteiger partial charge in [-0.1, -0.05) is 18.2 Å². The monoisotopic (exact) mass is 428 g/mol. The zero-order chi connectivity index (χ0) is 21.0. The van der Waals surface area contributed by atoms with Crippen LogP contribution in [0.5, 0.6) is 0 Å². The van der Waals surface area contributed by atoms with E-state index in [1.54, 1.807) is 18.0 Å². The molecule has 1 aliphatic heterocycles. The number of fused-ring (bicyclic) bond motifs is 1. The molecule has 5 nitrogen and oxygen atoms in total. The summed E-state index contributed by atoms with van der Waals surface area (Å²) >= 11 is 1.75. The number of thioether (sulfide) groups is 1. The molecule has 3 heterocycles. The lowest BCUT2D eigenvalue weighted by Gasteiger charge is -2.31. The minimum Gasteiger partial charge on any atom is -0.342 e. The summed E-state index contributed by atoms with van der Waals surface area (Å²) in [5.74, 6) is 2.41.